The maximum atomic E-state index is 10.5. The monoisotopic (exact) mass is 258 g/mol. The van der Waals surface area contributed by atoms with Crippen molar-refractivity contribution < 1.29 is 9.90 Å². The van der Waals surface area contributed by atoms with Crippen LogP contribution in [0, 0.1) is 0 Å². The lowest BCUT2D eigenvalue weighted by molar-refractivity contribution is -0.133. The van der Waals surface area contributed by atoms with Crippen molar-refractivity contribution in [2.75, 3.05) is 23.7 Å². The molecule has 17 heavy (non-hydrogen) atoms. The Morgan fingerprint density at radius 2 is 2.00 bits per heavy atom. The molecule has 1 aromatic heterocycles. The number of thioether (sulfide) groups is 1. The first-order valence-electron chi connectivity index (χ1n) is 5.66. The molecule has 1 rings (SSSR count). The molecule has 1 N–H and O–H groups in total. The Bertz CT molecular complexity index is 376. The second-order valence-corrected chi connectivity index (χ2v) is 4.32. The Labute approximate surface area is 105 Å². The predicted molar refractivity (Wildman–Crippen MR) is 67.6 cm³/mol. The van der Waals surface area contributed by atoms with Gasteiger partial charge in [0.15, 0.2) is 5.16 Å². The molecular weight excluding hydrogens is 240 g/mol. The number of carboxylic acid groups (broad SMARTS) is 1. The fourth-order valence-corrected chi connectivity index (χ4v) is 2.25. The van der Waals surface area contributed by atoms with Crippen LogP contribution < -0.4 is 4.90 Å². The van der Waals surface area contributed by atoms with Crippen LogP contribution in [0.15, 0.2) is 5.16 Å². The summed E-state index contributed by atoms with van der Waals surface area (Å²) in [6, 6.07) is 0. The fourth-order valence-electron chi connectivity index (χ4n) is 1.53. The van der Waals surface area contributed by atoms with E-state index in [1.54, 1.807) is 0 Å². The number of hydrogen-bond acceptors (Lipinski definition) is 5. The lowest BCUT2D eigenvalue weighted by Gasteiger charge is -2.20. The Hall–Kier alpha value is -1.24. The third-order valence-corrected chi connectivity index (χ3v) is 3.34. The van der Waals surface area contributed by atoms with E-state index in [2.05, 4.69) is 28.9 Å². The summed E-state index contributed by atoms with van der Waals surface area (Å²) in [7, 11) is 0. The van der Waals surface area contributed by atoms with Gasteiger partial charge < -0.3 is 10.0 Å². The standard InChI is InChI=1S/C10H18N4O2S/c1-4-13(5-2)9-11-12-10(14(9)6-3)17-7-8(15)16/h4-7H2,1-3H3,(H,15,16). The zero-order valence-corrected chi connectivity index (χ0v) is 11.2. The van der Waals surface area contributed by atoms with Gasteiger partial charge >= 0.3 is 5.97 Å². The molecule has 0 spiro atoms. The molecule has 6 nitrogen and oxygen atoms in total. The molecule has 0 radical (unpaired) electrons. The van der Waals surface area contributed by atoms with Crippen molar-refractivity contribution in [1.29, 1.82) is 0 Å². The molecule has 0 amide bonds. The lowest BCUT2D eigenvalue weighted by Crippen LogP contribution is -2.25. The minimum Gasteiger partial charge on any atom is -0.481 e. The van der Waals surface area contributed by atoms with Gasteiger partial charge in [0.2, 0.25) is 5.95 Å². The van der Waals surface area contributed by atoms with E-state index in [0.717, 1.165) is 25.6 Å². The minimum atomic E-state index is -0.843. The fraction of sp³-hybridized carbons (Fsp3) is 0.700. The molecule has 0 saturated heterocycles. The Kier molecular flexibility index (Phi) is 5.27. The number of hydrogen-bond donors (Lipinski definition) is 1. The summed E-state index contributed by atoms with van der Waals surface area (Å²) < 4.78 is 1.95. The summed E-state index contributed by atoms with van der Waals surface area (Å²) in [6.45, 7) is 8.57. The molecule has 7 heteroatoms. The van der Waals surface area contributed by atoms with Gasteiger partial charge in [-0.3, -0.25) is 9.36 Å². The van der Waals surface area contributed by atoms with Gasteiger partial charge in [0.05, 0.1) is 5.75 Å². The summed E-state index contributed by atoms with van der Waals surface area (Å²) in [5, 5.41) is 17.5. The maximum Gasteiger partial charge on any atom is 0.313 e. The van der Waals surface area contributed by atoms with Crippen LogP contribution in [0.2, 0.25) is 0 Å². The summed E-state index contributed by atoms with van der Waals surface area (Å²) in [5.74, 6) is -0.0217. The molecule has 0 aliphatic rings. The van der Waals surface area contributed by atoms with Crippen molar-refractivity contribution in [1.82, 2.24) is 14.8 Å². The van der Waals surface area contributed by atoms with Gasteiger partial charge in [-0.2, -0.15) is 0 Å². The van der Waals surface area contributed by atoms with Crippen molar-refractivity contribution in [2.24, 2.45) is 0 Å². The van der Waals surface area contributed by atoms with E-state index < -0.39 is 5.97 Å². The molecule has 0 unspecified atom stereocenters. The largest absolute Gasteiger partial charge is 0.481 e. The number of nitrogens with zero attached hydrogens (tertiary/aromatic N) is 4. The Morgan fingerprint density at radius 1 is 1.35 bits per heavy atom. The quantitative estimate of drug-likeness (QED) is 0.744. The van der Waals surface area contributed by atoms with Crippen LogP contribution in [-0.4, -0.2) is 44.7 Å². The lowest BCUT2D eigenvalue weighted by atomic mass is 10.5. The normalized spacial score (nSPS) is 10.5. The Balaban J connectivity index is 2.89. The third kappa shape index (κ3) is 3.36. The summed E-state index contributed by atoms with van der Waals surface area (Å²) in [4.78, 5) is 12.6. The molecule has 96 valence electrons. The van der Waals surface area contributed by atoms with E-state index in [-0.39, 0.29) is 5.75 Å². The van der Waals surface area contributed by atoms with Crippen molar-refractivity contribution in [2.45, 2.75) is 32.5 Å². The molecule has 0 fully saturated rings. The highest BCUT2D eigenvalue weighted by molar-refractivity contribution is 7.99. The van der Waals surface area contributed by atoms with Gasteiger partial charge in [-0.1, -0.05) is 11.8 Å². The van der Waals surface area contributed by atoms with Crippen molar-refractivity contribution >= 4 is 23.7 Å². The van der Waals surface area contributed by atoms with Gasteiger partial charge in [-0.15, -0.1) is 10.2 Å². The Morgan fingerprint density at radius 3 is 2.47 bits per heavy atom. The molecule has 1 aromatic rings. The SMILES string of the molecule is CCN(CC)c1nnc(SCC(=O)O)n1CC. The average molecular weight is 258 g/mol. The van der Waals surface area contributed by atoms with E-state index in [4.69, 9.17) is 5.11 Å². The number of anilines is 1. The molecular formula is C10H18N4O2S. The van der Waals surface area contributed by atoms with E-state index >= 15 is 0 Å². The van der Waals surface area contributed by atoms with Crippen molar-refractivity contribution in [3.63, 3.8) is 0 Å². The van der Waals surface area contributed by atoms with Crippen LogP contribution in [0.4, 0.5) is 5.95 Å². The van der Waals surface area contributed by atoms with Gasteiger partial charge in [0.25, 0.3) is 0 Å². The third-order valence-electron chi connectivity index (χ3n) is 2.38. The van der Waals surface area contributed by atoms with Crippen LogP contribution in [0.1, 0.15) is 20.8 Å². The summed E-state index contributed by atoms with van der Waals surface area (Å²) in [6.07, 6.45) is 0. The number of aromatic nitrogens is 3. The highest BCUT2D eigenvalue weighted by Gasteiger charge is 2.15. The van der Waals surface area contributed by atoms with E-state index in [1.807, 2.05) is 11.5 Å². The molecule has 0 atom stereocenters. The first-order valence-corrected chi connectivity index (χ1v) is 6.65. The zero-order valence-electron chi connectivity index (χ0n) is 10.4. The molecule has 0 saturated carbocycles. The van der Waals surface area contributed by atoms with Crippen LogP contribution in [0.5, 0.6) is 0 Å². The molecule has 0 aromatic carbocycles. The van der Waals surface area contributed by atoms with Gasteiger partial charge in [0.1, 0.15) is 0 Å². The molecule has 0 bridgehead atoms. The average Bonchev–Trinajstić information content (AvgIpc) is 2.71. The van der Waals surface area contributed by atoms with Crippen LogP contribution in [0.3, 0.4) is 0 Å². The zero-order chi connectivity index (χ0) is 12.8. The van der Waals surface area contributed by atoms with Gasteiger partial charge in [-0.05, 0) is 20.8 Å². The summed E-state index contributed by atoms with van der Waals surface area (Å²) >= 11 is 1.20. The highest BCUT2D eigenvalue weighted by Crippen LogP contribution is 2.21. The predicted octanol–water partition coefficient (Wildman–Crippen LogP) is 1.32. The first-order chi connectivity index (χ1) is 8.13. The molecule has 0 aliphatic heterocycles. The molecule has 0 aliphatic carbocycles. The second-order valence-electron chi connectivity index (χ2n) is 3.38. The summed E-state index contributed by atoms with van der Waals surface area (Å²) in [5.41, 5.74) is 0. The van der Waals surface area contributed by atoms with Crippen LogP contribution in [-0.2, 0) is 11.3 Å². The van der Waals surface area contributed by atoms with Crippen molar-refractivity contribution in [3.8, 4) is 0 Å². The van der Waals surface area contributed by atoms with E-state index in [9.17, 15) is 4.79 Å². The van der Waals surface area contributed by atoms with Gasteiger partial charge in [-0.25, -0.2) is 0 Å². The minimum absolute atomic E-state index is 0.0103. The first kappa shape index (κ1) is 13.8. The number of carboxylic acids is 1. The maximum absolute atomic E-state index is 10.5. The highest BCUT2D eigenvalue weighted by atomic mass is 32.2. The smallest absolute Gasteiger partial charge is 0.313 e. The number of rotatable bonds is 7. The van der Waals surface area contributed by atoms with Crippen molar-refractivity contribution in [3.05, 3.63) is 0 Å². The van der Waals surface area contributed by atoms with E-state index in [0.29, 0.717) is 5.16 Å². The molecule has 1 heterocycles. The van der Waals surface area contributed by atoms with Crippen LogP contribution >= 0.6 is 11.8 Å². The van der Waals surface area contributed by atoms with Crippen LogP contribution in [0.25, 0.3) is 0 Å². The van der Waals surface area contributed by atoms with Gasteiger partial charge in [0, 0.05) is 19.6 Å². The number of aliphatic carboxylic acids is 1. The van der Waals surface area contributed by atoms with E-state index in [1.165, 1.54) is 11.8 Å². The topological polar surface area (TPSA) is 71.2 Å². The number of carbonyl (C=O) groups is 1. The second kappa shape index (κ2) is 6.48.